The minimum absolute atomic E-state index is 0.215. The number of nitrogens with one attached hydrogen (secondary N) is 1. The van der Waals surface area contributed by atoms with Crippen LogP contribution in [0, 0.1) is 5.82 Å². The van der Waals surface area contributed by atoms with Crippen LogP contribution < -0.4 is 5.32 Å². The highest BCUT2D eigenvalue weighted by Gasteiger charge is 2.37. The summed E-state index contributed by atoms with van der Waals surface area (Å²) in [6.45, 7) is 0.425. The van der Waals surface area contributed by atoms with Gasteiger partial charge < -0.3 is 10.1 Å². The lowest BCUT2D eigenvalue weighted by molar-refractivity contribution is 0.000176. The molecule has 0 unspecified atom stereocenters. The molecule has 0 aliphatic heterocycles. The smallest absolute Gasteiger partial charge is 0.251 e. The molecule has 4 heteroatoms. The van der Waals surface area contributed by atoms with E-state index >= 15 is 0 Å². The van der Waals surface area contributed by atoms with E-state index in [0.29, 0.717) is 12.1 Å². The number of rotatable bonds is 4. The normalized spacial score (nSPS) is 15.4. The number of carbonyl (C=O) groups excluding carboxylic acids is 1. The summed E-state index contributed by atoms with van der Waals surface area (Å²) in [5.74, 6) is -0.566. The van der Waals surface area contributed by atoms with Crippen LogP contribution in [-0.2, 0) is 17.6 Å². The summed E-state index contributed by atoms with van der Waals surface area (Å²) in [5, 5.41) is 2.90. The Morgan fingerprint density at radius 2 is 1.73 bits per heavy atom. The summed E-state index contributed by atoms with van der Waals surface area (Å²) >= 11 is 0. The molecule has 0 spiro atoms. The number of fused-ring (bicyclic) bond motifs is 1. The lowest BCUT2D eigenvalue weighted by atomic mass is 10.00. The summed E-state index contributed by atoms with van der Waals surface area (Å²) in [6, 6.07) is 13.7. The number of amides is 1. The fourth-order valence-electron chi connectivity index (χ4n) is 2.95. The second-order valence-corrected chi connectivity index (χ2v) is 5.70. The van der Waals surface area contributed by atoms with Crippen LogP contribution in [0.2, 0.25) is 0 Å². The van der Waals surface area contributed by atoms with Gasteiger partial charge in [0.25, 0.3) is 5.91 Å². The van der Waals surface area contributed by atoms with Crippen LogP contribution in [-0.4, -0.2) is 25.2 Å². The Kier molecular flexibility index (Phi) is 3.94. The van der Waals surface area contributed by atoms with Crippen molar-refractivity contribution in [1.29, 1.82) is 0 Å². The number of methoxy groups -OCH3 is 1. The van der Waals surface area contributed by atoms with Crippen molar-refractivity contribution in [2.75, 3.05) is 13.7 Å². The lowest BCUT2D eigenvalue weighted by Crippen LogP contribution is -2.45. The second-order valence-electron chi connectivity index (χ2n) is 5.70. The van der Waals surface area contributed by atoms with Crippen molar-refractivity contribution in [2.45, 2.75) is 18.4 Å². The maximum atomic E-state index is 12.9. The van der Waals surface area contributed by atoms with Crippen molar-refractivity contribution in [1.82, 2.24) is 5.32 Å². The molecule has 3 rings (SSSR count). The number of hydrogen-bond acceptors (Lipinski definition) is 2. The summed E-state index contributed by atoms with van der Waals surface area (Å²) in [7, 11) is 1.68. The highest BCUT2D eigenvalue weighted by atomic mass is 19.1. The predicted molar refractivity (Wildman–Crippen MR) is 82.3 cm³/mol. The zero-order valence-electron chi connectivity index (χ0n) is 12.4. The topological polar surface area (TPSA) is 38.3 Å². The molecule has 114 valence electrons. The summed E-state index contributed by atoms with van der Waals surface area (Å²) in [4.78, 5) is 12.2. The van der Waals surface area contributed by atoms with Crippen LogP contribution in [0.1, 0.15) is 21.5 Å². The fraction of sp³-hybridized carbons (Fsp3) is 0.278. The van der Waals surface area contributed by atoms with Crippen LogP contribution >= 0.6 is 0 Å². The van der Waals surface area contributed by atoms with Gasteiger partial charge in [-0.2, -0.15) is 0 Å². The zero-order chi connectivity index (χ0) is 15.6. The molecule has 0 bridgehead atoms. The first-order valence-corrected chi connectivity index (χ1v) is 7.28. The molecule has 0 saturated carbocycles. The van der Waals surface area contributed by atoms with Gasteiger partial charge >= 0.3 is 0 Å². The largest absolute Gasteiger partial charge is 0.376 e. The monoisotopic (exact) mass is 299 g/mol. The van der Waals surface area contributed by atoms with E-state index in [4.69, 9.17) is 4.74 Å². The summed E-state index contributed by atoms with van der Waals surface area (Å²) in [6.07, 6.45) is 1.56. The molecule has 0 saturated heterocycles. The van der Waals surface area contributed by atoms with Gasteiger partial charge in [0.15, 0.2) is 0 Å². The Bertz CT molecular complexity index is 657. The third kappa shape index (κ3) is 2.88. The van der Waals surface area contributed by atoms with Gasteiger partial charge in [-0.1, -0.05) is 24.3 Å². The zero-order valence-corrected chi connectivity index (χ0v) is 12.4. The van der Waals surface area contributed by atoms with Gasteiger partial charge in [0, 0.05) is 32.1 Å². The average Bonchev–Trinajstić information content (AvgIpc) is 2.92. The highest BCUT2D eigenvalue weighted by molar-refractivity contribution is 5.94. The molecule has 0 radical (unpaired) electrons. The Morgan fingerprint density at radius 3 is 2.27 bits per heavy atom. The quantitative estimate of drug-likeness (QED) is 0.942. The molecule has 1 amide bonds. The Balaban J connectivity index is 1.67. The first-order chi connectivity index (χ1) is 10.6. The maximum absolute atomic E-state index is 12.9. The van der Waals surface area contributed by atoms with E-state index in [1.54, 1.807) is 7.11 Å². The second kappa shape index (κ2) is 5.89. The van der Waals surface area contributed by atoms with Gasteiger partial charge in [0.2, 0.25) is 0 Å². The Hall–Kier alpha value is -2.20. The predicted octanol–water partition coefficient (Wildman–Crippen LogP) is 2.74. The number of halogens is 1. The van der Waals surface area contributed by atoms with Gasteiger partial charge in [-0.05, 0) is 35.4 Å². The molecule has 3 nitrogen and oxygen atoms in total. The molecule has 0 fully saturated rings. The number of hydrogen-bond donors (Lipinski definition) is 1. The molecule has 1 aliphatic rings. The minimum atomic E-state index is -0.403. The van der Waals surface area contributed by atoms with Crippen molar-refractivity contribution < 1.29 is 13.9 Å². The molecular weight excluding hydrogens is 281 g/mol. The third-order valence-electron chi connectivity index (χ3n) is 4.25. The van der Waals surface area contributed by atoms with Crippen LogP contribution in [0.4, 0.5) is 4.39 Å². The van der Waals surface area contributed by atoms with E-state index in [1.807, 2.05) is 12.1 Å². The van der Waals surface area contributed by atoms with Crippen molar-refractivity contribution in [3.8, 4) is 0 Å². The average molecular weight is 299 g/mol. The molecule has 2 aromatic carbocycles. The molecule has 1 aliphatic carbocycles. The van der Waals surface area contributed by atoms with Crippen molar-refractivity contribution in [3.05, 3.63) is 71.0 Å². The van der Waals surface area contributed by atoms with Crippen LogP contribution in [0.5, 0.6) is 0 Å². The number of ether oxygens (including phenoxy) is 1. The van der Waals surface area contributed by atoms with E-state index in [2.05, 4.69) is 17.4 Å². The molecule has 22 heavy (non-hydrogen) atoms. The third-order valence-corrected chi connectivity index (χ3v) is 4.25. The van der Waals surface area contributed by atoms with E-state index in [-0.39, 0.29) is 11.7 Å². The van der Waals surface area contributed by atoms with Crippen molar-refractivity contribution >= 4 is 5.91 Å². The fourth-order valence-corrected chi connectivity index (χ4v) is 2.95. The van der Waals surface area contributed by atoms with E-state index in [9.17, 15) is 9.18 Å². The molecule has 0 atom stereocenters. The molecule has 1 N–H and O–H groups in total. The molecule has 2 aromatic rings. The van der Waals surface area contributed by atoms with Crippen LogP contribution in [0.3, 0.4) is 0 Å². The summed E-state index contributed by atoms with van der Waals surface area (Å²) < 4.78 is 18.6. The van der Waals surface area contributed by atoms with Gasteiger partial charge in [0.05, 0.1) is 5.60 Å². The number of benzene rings is 2. The Morgan fingerprint density at radius 1 is 1.14 bits per heavy atom. The highest BCUT2D eigenvalue weighted by Crippen LogP contribution is 2.32. The first kappa shape index (κ1) is 14.7. The van der Waals surface area contributed by atoms with E-state index in [0.717, 1.165) is 12.8 Å². The van der Waals surface area contributed by atoms with E-state index < -0.39 is 5.60 Å². The van der Waals surface area contributed by atoms with Gasteiger partial charge in [-0.15, -0.1) is 0 Å². The van der Waals surface area contributed by atoms with Gasteiger partial charge in [-0.3, -0.25) is 4.79 Å². The number of carbonyl (C=O) groups is 1. The standard InChI is InChI=1S/C18H18FNO2/c1-22-18(10-14-4-2-3-5-15(14)11-18)12-20-17(21)13-6-8-16(19)9-7-13/h2-9H,10-12H2,1H3,(H,20,21). The van der Waals surface area contributed by atoms with Crippen LogP contribution in [0.15, 0.2) is 48.5 Å². The molecule has 0 heterocycles. The molecule has 0 aromatic heterocycles. The first-order valence-electron chi connectivity index (χ1n) is 7.28. The Labute approximate surface area is 129 Å². The van der Waals surface area contributed by atoms with Crippen molar-refractivity contribution in [2.24, 2.45) is 0 Å². The SMILES string of the molecule is COC1(CNC(=O)c2ccc(F)cc2)Cc2ccccc2C1. The van der Waals surface area contributed by atoms with Crippen LogP contribution in [0.25, 0.3) is 0 Å². The van der Waals surface area contributed by atoms with Crippen molar-refractivity contribution in [3.63, 3.8) is 0 Å². The lowest BCUT2D eigenvalue weighted by Gasteiger charge is -2.27. The van der Waals surface area contributed by atoms with Gasteiger partial charge in [-0.25, -0.2) is 4.39 Å². The van der Waals surface area contributed by atoms with Gasteiger partial charge in [0.1, 0.15) is 5.82 Å². The van der Waals surface area contributed by atoms with E-state index in [1.165, 1.54) is 35.4 Å². The minimum Gasteiger partial charge on any atom is -0.376 e. The summed E-state index contributed by atoms with van der Waals surface area (Å²) in [5.41, 5.74) is 2.57. The maximum Gasteiger partial charge on any atom is 0.251 e. The molecular formula is C18H18FNO2.